The third-order valence-electron chi connectivity index (χ3n) is 4.06. The van der Waals surface area contributed by atoms with Crippen LogP contribution in [0, 0.1) is 20.8 Å². The van der Waals surface area contributed by atoms with Crippen LogP contribution in [0.5, 0.6) is 0 Å². The predicted molar refractivity (Wildman–Crippen MR) is 82.7 cm³/mol. The van der Waals surface area contributed by atoms with Crippen molar-refractivity contribution in [3.8, 4) is 0 Å². The predicted octanol–water partition coefficient (Wildman–Crippen LogP) is 2.91. The maximum atomic E-state index is 12.2. The van der Waals surface area contributed by atoms with Crippen molar-refractivity contribution in [1.82, 2.24) is 19.5 Å². The standard InChI is InChI=1S/C16H22N4O2/c1-9-10(2)17-14-12-7-19(15(21)22-16(4,5)6)8-13(12)18-20(14)11(9)3/h7-8H2,1-6H3. The molecule has 0 bridgehead atoms. The Bertz CT molecular complexity index is 771. The summed E-state index contributed by atoms with van der Waals surface area (Å²) in [7, 11) is 0. The van der Waals surface area contributed by atoms with Crippen molar-refractivity contribution in [2.75, 3.05) is 0 Å². The first-order valence-electron chi connectivity index (χ1n) is 7.49. The summed E-state index contributed by atoms with van der Waals surface area (Å²) in [6.07, 6.45) is -0.302. The molecule has 6 heteroatoms. The lowest BCUT2D eigenvalue weighted by Gasteiger charge is -2.24. The first-order chi connectivity index (χ1) is 10.2. The van der Waals surface area contributed by atoms with E-state index in [1.165, 1.54) is 0 Å². The topological polar surface area (TPSA) is 59.7 Å². The van der Waals surface area contributed by atoms with Crippen LogP contribution in [0.2, 0.25) is 0 Å². The van der Waals surface area contributed by atoms with Gasteiger partial charge in [-0.2, -0.15) is 5.10 Å². The second-order valence-electron chi connectivity index (χ2n) is 6.90. The molecule has 0 unspecified atom stereocenters. The lowest BCUT2D eigenvalue weighted by molar-refractivity contribution is 0.0240. The highest BCUT2D eigenvalue weighted by molar-refractivity contribution is 5.70. The first kappa shape index (κ1) is 14.8. The van der Waals surface area contributed by atoms with Gasteiger partial charge >= 0.3 is 6.09 Å². The van der Waals surface area contributed by atoms with E-state index >= 15 is 0 Å². The minimum atomic E-state index is -0.490. The highest BCUT2D eigenvalue weighted by Crippen LogP contribution is 2.28. The molecule has 3 heterocycles. The Morgan fingerprint density at radius 2 is 1.86 bits per heavy atom. The molecule has 22 heavy (non-hydrogen) atoms. The second kappa shape index (κ2) is 4.69. The lowest BCUT2D eigenvalue weighted by atomic mass is 10.2. The van der Waals surface area contributed by atoms with Crippen molar-refractivity contribution in [3.63, 3.8) is 0 Å². The molecule has 0 N–H and O–H groups in total. The zero-order chi connectivity index (χ0) is 16.2. The molecule has 0 aliphatic carbocycles. The number of fused-ring (bicyclic) bond motifs is 3. The van der Waals surface area contributed by atoms with E-state index in [0.29, 0.717) is 13.1 Å². The van der Waals surface area contributed by atoms with Gasteiger partial charge in [0, 0.05) is 17.0 Å². The van der Waals surface area contributed by atoms with Crippen molar-refractivity contribution < 1.29 is 9.53 Å². The monoisotopic (exact) mass is 302 g/mol. The molecule has 0 fully saturated rings. The number of hydrogen-bond donors (Lipinski definition) is 0. The summed E-state index contributed by atoms with van der Waals surface area (Å²) in [6.45, 7) is 12.7. The third kappa shape index (κ3) is 2.32. The van der Waals surface area contributed by atoms with Gasteiger partial charge in [0.1, 0.15) is 5.60 Å². The van der Waals surface area contributed by atoms with Crippen LogP contribution in [0.15, 0.2) is 0 Å². The molecule has 2 aromatic heterocycles. The van der Waals surface area contributed by atoms with Crippen molar-refractivity contribution in [3.05, 3.63) is 28.2 Å². The molecular formula is C16H22N4O2. The van der Waals surface area contributed by atoms with Crippen LogP contribution in [-0.4, -0.2) is 31.2 Å². The van der Waals surface area contributed by atoms with Crippen LogP contribution in [0.25, 0.3) is 5.65 Å². The molecule has 0 atom stereocenters. The number of aryl methyl sites for hydroxylation is 2. The zero-order valence-electron chi connectivity index (χ0n) is 14.0. The lowest BCUT2D eigenvalue weighted by Crippen LogP contribution is -2.33. The number of aromatic nitrogens is 3. The molecule has 0 saturated carbocycles. The zero-order valence-corrected chi connectivity index (χ0v) is 14.0. The second-order valence-corrected chi connectivity index (χ2v) is 6.90. The SMILES string of the molecule is Cc1nc2c3c(nn2c(C)c1C)CN(C(=O)OC(C)(C)C)C3. The minimum absolute atomic E-state index is 0.302. The molecule has 1 aliphatic rings. The Labute approximate surface area is 130 Å². The number of nitrogens with zero attached hydrogens (tertiary/aromatic N) is 4. The summed E-state index contributed by atoms with van der Waals surface area (Å²) >= 11 is 0. The number of carbonyl (C=O) groups excluding carboxylic acids is 1. The summed E-state index contributed by atoms with van der Waals surface area (Å²) < 4.78 is 7.32. The van der Waals surface area contributed by atoms with Crippen LogP contribution in [0.4, 0.5) is 4.79 Å². The normalized spacial score (nSPS) is 14.5. The third-order valence-corrected chi connectivity index (χ3v) is 4.06. The van der Waals surface area contributed by atoms with Crippen molar-refractivity contribution in [2.24, 2.45) is 0 Å². The van der Waals surface area contributed by atoms with Crippen molar-refractivity contribution >= 4 is 11.7 Å². The number of amides is 1. The molecule has 1 amide bonds. The maximum Gasteiger partial charge on any atom is 0.410 e. The minimum Gasteiger partial charge on any atom is -0.444 e. The van der Waals surface area contributed by atoms with E-state index < -0.39 is 5.60 Å². The van der Waals surface area contributed by atoms with Gasteiger partial charge in [0.05, 0.1) is 18.8 Å². The Morgan fingerprint density at radius 3 is 2.50 bits per heavy atom. The first-order valence-corrected chi connectivity index (χ1v) is 7.49. The molecule has 1 aliphatic heterocycles. The van der Waals surface area contributed by atoms with Crippen molar-refractivity contribution in [2.45, 2.75) is 60.2 Å². The Balaban J connectivity index is 1.94. The number of rotatable bonds is 0. The summed E-state index contributed by atoms with van der Waals surface area (Å²) in [4.78, 5) is 18.5. The molecule has 0 radical (unpaired) electrons. The number of ether oxygens (including phenoxy) is 1. The van der Waals surface area contributed by atoms with E-state index in [9.17, 15) is 4.79 Å². The molecule has 6 nitrogen and oxygen atoms in total. The van der Waals surface area contributed by atoms with Crippen molar-refractivity contribution in [1.29, 1.82) is 0 Å². The Kier molecular flexibility index (Phi) is 3.16. The van der Waals surface area contributed by atoms with Gasteiger partial charge in [0.2, 0.25) is 0 Å². The molecule has 3 rings (SSSR count). The van der Waals surface area contributed by atoms with E-state index in [1.54, 1.807) is 4.90 Å². The van der Waals surface area contributed by atoms with Gasteiger partial charge in [-0.1, -0.05) is 0 Å². The summed E-state index contributed by atoms with van der Waals surface area (Å²) in [5, 5.41) is 4.63. The summed E-state index contributed by atoms with van der Waals surface area (Å²) in [6, 6.07) is 0. The van der Waals surface area contributed by atoms with E-state index in [0.717, 1.165) is 33.9 Å². The van der Waals surface area contributed by atoms with Gasteiger partial charge in [0.25, 0.3) is 0 Å². The van der Waals surface area contributed by atoms with Crippen LogP contribution >= 0.6 is 0 Å². The molecular weight excluding hydrogens is 280 g/mol. The highest BCUT2D eigenvalue weighted by Gasteiger charge is 2.32. The Morgan fingerprint density at radius 1 is 1.18 bits per heavy atom. The highest BCUT2D eigenvalue weighted by atomic mass is 16.6. The van der Waals surface area contributed by atoms with E-state index in [-0.39, 0.29) is 6.09 Å². The maximum absolute atomic E-state index is 12.2. The molecule has 0 spiro atoms. The van der Waals surface area contributed by atoms with Gasteiger partial charge in [-0.3, -0.25) is 4.90 Å². The molecule has 0 saturated heterocycles. The molecule has 2 aromatic rings. The molecule has 0 aromatic carbocycles. The van der Waals surface area contributed by atoms with Crippen LogP contribution in [-0.2, 0) is 17.8 Å². The van der Waals surface area contributed by atoms with E-state index in [2.05, 4.69) is 17.0 Å². The number of carbonyl (C=O) groups is 1. The largest absolute Gasteiger partial charge is 0.444 e. The van der Waals surface area contributed by atoms with Crippen LogP contribution in [0.3, 0.4) is 0 Å². The average Bonchev–Trinajstić information content (AvgIpc) is 2.93. The van der Waals surface area contributed by atoms with Crippen LogP contribution < -0.4 is 0 Å². The Hall–Kier alpha value is -2.11. The quantitative estimate of drug-likeness (QED) is 0.751. The van der Waals surface area contributed by atoms with E-state index in [4.69, 9.17) is 4.74 Å². The van der Waals surface area contributed by atoms with Crippen LogP contribution in [0.1, 0.15) is 49.0 Å². The van der Waals surface area contributed by atoms with E-state index in [1.807, 2.05) is 39.1 Å². The van der Waals surface area contributed by atoms with Gasteiger partial charge in [-0.25, -0.2) is 14.3 Å². The molecule has 118 valence electrons. The van der Waals surface area contributed by atoms with Gasteiger partial charge < -0.3 is 4.74 Å². The fourth-order valence-corrected chi connectivity index (χ4v) is 2.67. The van der Waals surface area contributed by atoms with Gasteiger partial charge in [0.15, 0.2) is 5.65 Å². The number of hydrogen-bond acceptors (Lipinski definition) is 4. The summed E-state index contributed by atoms with van der Waals surface area (Å²) in [5.74, 6) is 0. The van der Waals surface area contributed by atoms with Gasteiger partial charge in [-0.15, -0.1) is 0 Å². The smallest absolute Gasteiger partial charge is 0.410 e. The summed E-state index contributed by atoms with van der Waals surface area (Å²) in [5.41, 5.74) is 5.54. The van der Waals surface area contributed by atoms with Gasteiger partial charge in [-0.05, 0) is 47.1 Å². The fraction of sp³-hybridized carbons (Fsp3) is 0.562. The fourth-order valence-electron chi connectivity index (χ4n) is 2.67. The average molecular weight is 302 g/mol.